The minimum absolute atomic E-state index is 0.0611. The Morgan fingerprint density at radius 3 is 2.81 bits per heavy atom. The largest absolute Gasteiger partial charge is 0.361 e. The highest BCUT2D eigenvalue weighted by atomic mass is 16.5. The molecule has 0 spiro atoms. The summed E-state index contributed by atoms with van der Waals surface area (Å²) >= 11 is 0. The van der Waals surface area contributed by atoms with Gasteiger partial charge in [-0.15, -0.1) is 0 Å². The summed E-state index contributed by atoms with van der Waals surface area (Å²) in [6.45, 7) is 5.55. The Morgan fingerprint density at radius 2 is 2.06 bits per heavy atom. The van der Waals surface area contributed by atoms with Crippen molar-refractivity contribution in [3.8, 4) is 0 Å². The van der Waals surface area contributed by atoms with E-state index in [9.17, 15) is 9.59 Å². The van der Waals surface area contributed by atoms with Crippen LogP contribution in [0.15, 0.2) is 47.1 Å². The highest BCUT2D eigenvalue weighted by Gasteiger charge is 2.31. The van der Waals surface area contributed by atoms with Crippen LogP contribution in [0.2, 0.25) is 0 Å². The number of carbonyl (C=O) groups excluding carboxylic acids is 2. The Morgan fingerprint density at radius 1 is 1.25 bits per heavy atom. The van der Waals surface area contributed by atoms with Crippen molar-refractivity contribution in [2.45, 2.75) is 32.7 Å². The molecule has 2 aromatic heterocycles. The number of carbonyl (C=O) groups is 2. The van der Waals surface area contributed by atoms with Crippen LogP contribution in [0, 0.1) is 13.8 Å². The molecule has 1 fully saturated rings. The van der Waals surface area contributed by atoms with Crippen LogP contribution in [0.1, 0.15) is 45.3 Å². The molecular formula is C24H25N5O3. The lowest BCUT2D eigenvalue weighted by molar-refractivity contribution is -0.117. The zero-order chi connectivity index (χ0) is 22.2. The number of pyridine rings is 1. The van der Waals surface area contributed by atoms with Crippen molar-refractivity contribution in [1.29, 1.82) is 0 Å². The molecular weight excluding hydrogens is 406 g/mol. The number of fused-ring (bicyclic) bond motifs is 1. The number of aromatic nitrogens is 2. The fourth-order valence-corrected chi connectivity index (χ4v) is 4.48. The number of nitrogens with zero attached hydrogens (tertiary/aromatic N) is 4. The van der Waals surface area contributed by atoms with Crippen molar-refractivity contribution < 1.29 is 14.1 Å². The molecule has 5 rings (SSSR count). The molecule has 1 aromatic carbocycles. The van der Waals surface area contributed by atoms with Crippen LogP contribution in [-0.4, -0.2) is 46.5 Å². The normalized spacial score (nSPS) is 17.9. The number of rotatable bonds is 4. The van der Waals surface area contributed by atoms with E-state index in [1.165, 1.54) is 5.56 Å². The molecule has 8 nitrogen and oxygen atoms in total. The van der Waals surface area contributed by atoms with Crippen molar-refractivity contribution in [2.24, 2.45) is 0 Å². The third kappa shape index (κ3) is 3.62. The van der Waals surface area contributed by atoms with Crippen molar-refractivity contribution in [3.63, 3.8) is 0 Å². The number of anilines is 2. The molecule has 2 aliphatic heterocycles. The number of hydrogen-bond donors (Lipinski definition) is 1. The van der Waals surface area contributed by atoms with Gasteiger partial charge in [-0.3, -0.25) is 9.59 Å². The summed E-state index contributed by atoms with van der Waals surface area (Å²) in [5.41, 5.74) is 3.96. The first-order chi connectivity index (χ1) is 15.5. The smallest absolute Gasteiger partial charge is 0.255 e. The standard InChI is InChI=1S/C24H25N5O3/c1-15-20(16(2)32-27-15)14-29-21-10-19(11-25-23(21)26-12-22(29)30)24(31)28-9-8-18(13-28)17-6-4-3-5-7-17/h3-7,10-11,18H,8-9,12-14H2,1-2H3,(H,25,26). The monoisotopic (exact) mass is 431 g/mol. The van der Waals surface area contributed by atoms with E-state index in [4.69, 9.17) is 4.52 Å². The maximum atomic E-state index is 13.3. The molecule has 164 valence electrons. The lowest BCUT2D eigenvalue weighted by atomic mass is 9.99. The average Bonchev–Trinajstić information content (AvgIpc) is 3.43. The van der Waals surface area contributed by atoms with E-state index in [2.05, 4.69) is 27.6 Å². The molecule has 2 aliphatic rings. The molecule has 1 N–H and O–H groups in total. The topological polar surface area (TPSA) is 91.6 Å². The van der Waals surface area contributed by atoms with E-state index in [0.29, 0.717) is 48.4 Å². The van der Waals surface area contributed by atoms with Gasteiger partial charge in [0.25, 0.3) is 5.91 Å². The Balaban J connectivity index is 1.39. The fraction of sp³-hybridized carbons (Fsp3) is 0.333. The van der Waals surface area contributed by atoms with Crippen molar-refractivity contribution >= 4 is 23.3 Å². The second-order valence-electron chi connectivity index (χ2n) is 8.38. The maximum absolute atomic E-state index is 13.3. The molecule has 1 atom stereocenters. The Labute approximate surface area is 186 Å². The molecule has 8 heteroatoms. The Bertz CT molecular complexity index is 1150. The van der Waals surface area contributed by atoms with Gasteiger partial charge in [-0.05, 0) is 31.9 Å². The van der Waals surface area contributed by atoms with E-state index in [1.54, 1.807) is 17.2 Å². The molecule has 0 aliphatic carbocycles. The number of amides is 2. The van der Waals surface area contributed by atoms with Gasteiger partial charge in [0.05, 0.1) is 30.0 Å². The van der Waals surface area contributed by atoms with E-state index in [1.807, 2.05) is 36.9 Å². The van der Waals surface area contributed by atoms with Gasteiger partial charge in [-0.2, -0.15) is 0 Å². The quantitative estimate of drug-likeness (QED) is 0.682. The van der Waals surface area contributed by atoms with Gasteiger partial charge in [0.2, 0.25) is 5.91 Å². The second-order valence-corrected chi connectivity index (χ2v) is 8.38. The third-order valence-electron chi connectivity index (χ3n) is 6.36. The van der Waals surface area contributed by atoms with Gasteiger partial charge >= 0.3 is 0 Å². The van der Waals surface area contributed by atoms with Crippen molar-refractivity contribution in [1.82, 2.24) is 15.0 Å². The summed E-state index contributed by atoms with van der Waals surface area (Å²) in [7, 11) is 0. The zero-order valence-corrected chi connectivity index (χ0v) is 18.2. The van der Waals surface area contributed by atoms with Gasteiger partial charge in [-0.1, -0.05) is 35.5 Å². The van der Waals surface area contributed by atoms with Crippen molar-refractivity contribution in [3.05, 3.63) is 70.7 Å². The van der Waals surface area contributed by atoms with Crippen LogP contribution >= 0.6 is 0 Å². The second kappa shape index (κ2) is 8.11. The predicted molar refractivity (Wildman–Crippen MR) is 120 cm³/mol. The first-order valence-corrected chi connectivity index (χ1v) is 10.8. The molecule has 0 radical (unpaired) electrons. The first kappa shape index (κ1) is 20.2. The van der Waals surface area contributed by atoms with E-state index >= 15 is 0 Å². The molecule has 3 aromatic rings. The van der Waals surface area contributed by atoms with Gasteiger partial charge in [-0.25, -0.2) is 4.98 Å². The minimum Gasteiger partial charge on any atom is -0.361 e. The van der Waals surface area contributed by atoms with E-state index in [-0.39, 0.29) is 18.4 Å². The molecule has 4 heterocycles. The number of nitrogens with one attached hydrogen (secondary N) is 1. The van der Waals surface area contributed by atoms with E-state index < -0.39 is 0 Å². The van der Waals surface area contributed by atoms with E-state index in [0.717, 1.165) is 17.7 Å². The number of aryl methyl sites for hydroxylation is 2. The Hall–Kier alpha value is -3.68. The minimum atomic E-state index is -0.0887. The summed E-state index contributed by atoms with van der Waals surface area (Å²) in [6, 6.07) is 12.1. The zero-order valence-electron chi connectivity index (χ0n) is 18.2. The summed E-state index contributed by atoms with van der Waals surface area (Å²) < 4.78 is 5.26. The molecule has 32 heavy (non-hydrogen) atoms. The van der Waals surface area contributed by atoms with Gasteiger partial charge < -0.3 is 19.6 Å². The number of benzene rings is 1. The molecule has 1 unspecified atom stereocenters. The van der Waals surface area contributed by atoms with Crippen LogP contribution in [0.3, 0.4) is 0 Å². The maximum Gasteiger partial charge on any atom is 0.255 e. The van der Waals surface area contributed by atoms with Crippen LogP contribution in [0.5, 0.6) is 0 Å². The lowest BCUT2D eigenvalue weighted by Gasteiger charge is -2.30. The van der Waals surface area contributed by atoms with Gasteiger partial charge in [0.1, 0.15) is 5.76 Å². The lowest BCUT2D eigenvalue weighted by Crippen LogP contribution is -2.40. The highest BCUT2D eigenvalue weighted by molar-refractivity contribution is 6.04. The average molecular weight is 431 g/mol. The highest BCUT2D eigenvalue weighted by Crippen LogP contribution is 2.33. The molecule has 2 amide bonds. The molecule has 1 saturated heterocycles. The van der Waals surface area contributed by atoms with Gasteiger partial charge in [0.15, 0.2) is 5.82 Å². The third-order valence-corrected chi connectivity index (χ3v) is 6.36. The van der Waals surface area contributed by atoms with Gasteiger partial charge in [0, 0.05) is 30.8 Å². The number of likely N-dealkylation sites (tertiary alicyclic amines) is 1. The van der Waals surface area contributed by atoms with Crippen LogP contribution < -0.4 is 10.2 Å². The summed E-state index contributed by atoms with van der Waals surface area (Å²) in [5, 5.41) is 7.04. The fourth-order valence-electron chi connectivity index (χ4n) is 4.48. The summed E-state index contributed by atoms with van der Waals surface area (Å²) in [4.78, 5) is 34.0. The van der Waals surface area contributed by atoms with Crippen LogP contribution in [0.25, 0.3) is 0 Å². The van der Waals surface area contributed by atoms with Crippen LogP contribution in [0.4, 0.5) is 11.5 Å². The molecule has 0 saturated carbocycles. The van der Waals surface area contributed by atoms with Crippen molar-refractivity contribution in [2.75, 3.05) is 29.9 Å². The predicted octanol–water partition coefficient (Wildman–Crippen LogP) is 3.27. The molecule has 0 bridgehead atoms. The summed E-state index contributed by atoms with van der Waals surface area (Å²) in [6.07, 6.45) is 2.53. The summed E-state index contributed by atoms with van der Waals surface area (Å²) in [5.74, 6) is 1.46. The first-order valence-electron chi connectivity index (χ1n) is 10.8. The number of hydrogen-bond acceptors (Lipinski definition) is 6. The van der Waals surface area contributed by atoms with Crippen LogP contribution in [-0.2, 0) is 11.3 Å². The Kier molecular flexibility index (Phi) is 5.13. The SMILES string of the molecule is Cc1noc(C)c1CN1C(=O)CNc2ncc(C(=O)N3CCC(c4ccccc4)C3)cc21.